The van der Waals surface area contributed by atoms with E-state index in [-0.39, 0.29) is 35.5 Å². The second kappa shape index (κ2) is 20.9. The number of amides is 3. The number of carbonyl (C=O) groups excluding carboxylic acids is 4. The van der Waals surface area contributed by atoms with Gasteiger partial charge in [-0.3, -0.25) is 14.4 Å². The summed E-state index contributed by atoms with van der Waals surface area (Å²) in [4.78, 5) is 55.4. The van der Waals surface area contributed by atoms with Crippen LogP contribution in [0.2, 0.25) is 0 Å². The summed E-state index contributed by atoms with van der Waals surface area (Å²) < 4.78 is 49.1. The normalized spacial score (nSPS) is 17.5. The second-order valence-electron chi connectivity index (χ2n) is 16.8. The maximum atomic E-state index is 12.4. The Hall–Kier alpha value is -4.70. The molecule has 1 N–H and O–H groups in total. The lowest BCUT2D eigenvalue weighted by molar-refractivity contribution is -0.438. The average molecular weight is 863 g/mol. The molecule has 1 saturated heterocycles. The van der Waals surface area contributed by atoms with E-state index in [1.165, 1.54) is 28.9 Å². The van der Waals surface area contributed by atoms with Gasteiger partial charge in [-0.15, -0.1) is 5.06 Å². The van der Waals surface area contributed by atoms with Crippen molar-refractivity contribution in [3.05, 3.63) is 77.0 Å². The van der Waals surface area contributed by atoms with Gasteiger partial charge in [0.15, 0.2) is 5.71 Å². The Morgan fingerprint density at radius 3 is 2.31 bits per heavy atom. The summed E-state index contributed by atoms with van der Waals surface area (Å²) in [6, 6.07) is 11.2. The first-order valence-electron chi connectivity index (χ1n) is 21.5. The lowest BCUT2D eigenvalue weighted by Crippen LogP contribution is -2.32. The summed E-state index contributed by atoms with van der Waals surface area (Å²) >= 11 is 0. The van der Waals surface area contributed by atoms with E-state index in [1.54, 1.807) is 13.2 Å². The summed E-state index contributed by atoms with van der Waals surface area (Å²) in [5, 5.41) is 3.48. The summed E-state index contributed by atoms with van der Waals surface area (Å²) in [6.45, 7) is 13.9. The molecule has 15 heteroatoms. The summed E-state index contributed by atoms with van der Waals surface area (Å²) in [7, 11) is -3.07. The highest BCUT2D eigenvalue weighted by atomic mass is 32.2. The molecule has 1 fully saturated rings. The number of allylic oxidation sites excluding steroid dienone is 4. The second-order valence-corrected chi connectivity index (χ2v) is 18.2. The Morgan fingerprint density at radius 1 is 0.885 bits per heavy atom. The van der Waals surface area contributed by atoms with E-state index in [9.17, 15) is 32.1 Å². The van der Waals surface area contributed by atoms with E-state index in [1.807, 2.05) is 13.8 Å². The van der Waals surface area contributed by atoms with E-state index in [0.29, 0.717) is 63.7 Å². The number of rotatable bonds is 23. The number of carbonyl (C=O) groups is 4. The topological polar surface area (TPSA) is 175 Å². The van der Waals surface area contributed by atoms with Gasteiger partial charge in [-0.05, 0) is 87.4 Å². The van der Waals surface area contributed by atoms with Gasteiger partial charge in [-0.1, -0.05) is 39.3 Å². The van der Waals surface area contributed by atoms with Crippen molar-refractivity contribution >= 4 is 50.9 Å². The van der Waals surface area contributed by atoms with Crippen molar-refractivity contribution < 1.29 is 51.0 Å². The Labute approximate surface area is 360 Å². The van der Waals surface area contributed by atoms with Gasteiger partial charge in [0.25, 0.3) is 11.8 Å². The maximum absolute atomic E-state index is 12.4. The monoisotopic (exact) mass is 862 g/mol. The molecule has 3 aliphatic rings. The number of ether oxygens (including phenoxy) is 2. The van der Waals surface area contributed by atoms with Crippen LogP contribution < -0.4 is 10.2 Å². The fourth-order valence-corrected chi connectivity index (χ4v) is 8.81. The third-order valence-corrected chi connectivity index (χ3v) is 12.6. The predicted octanol–water partition coefficient (Wildman–Crippen LogP) is 6.27. The summed E-state index contributed by atoms with van der Waals surface area (Å²) in [5.41, 5.74) is 6.34. The molecule has 0 bridgehead atoms. The molecule has 5 rings (SSSR count). The van der Waals surface area contributed by atoms with E-state index in [2.05, 4.69) is 72.0 Å². The number of aryl methyl sites for hydroxylation is 1. The van der Waals surface area contributed by atoms with Gasteiger partial charge in [0.2, 0.25) is 11.6 Å². The quantitative estimate of drug-likeness (QED) is 0.0577. The van der Waals surface area contributed by atoms with Crippen LogP contribution in [0.15, 0.2) is 65.2 Å². The number of nitrogens with zero attached hydrogens (tertiary/aromatic N) is 3. The van der Waals surface area contributed by atoms with Crippen LogP contribution in [0.1, 0.15) is 116 Å². The molecular weight excluding hydrogens is 801 g/mol. The molecule has 3 amide bonds. The number of imide groups is 1. The zero-order chi connectivity index (χ0) is 44.4. The van der Waals surface area contributed by atoms with Crippen LogP contribution in [0.3, 0.4) is 0 Å². The highest BCUT2D eigenvalue weighted by Crippen LogP contribution is 2.49. The number of hydroxylamine groups is 2. The van der Waals surface area contributed by atoms with Crippen molar-refractivity contribution in [2.75, 3.05) is 51.5 Å². The van der Waals surface area contributed by atoms with Crippen LogP contribution in [-0.2, 0) is 60.9 Å². The Balaban J connectivity index is 1.32. The molecular formula is C46H62N4O10S. The number of benzene rings is 2. The Morgan fingerprint density at radius 2 is 1.61 bits per heavy atom. The lowest BCUT2D eigenvalue weighted by atomic mass is 9.80. The molecule has 0 aromatic heterocycles. The molecule has 0 unspecified atom stereocenters. The van der Waals surface area contributed by atoms with Crippen LogP contribution in [-0.4, -0.2) is 98.6 Å². The third-order valence-electron chi connectivity index (χ3n) is 11.8. The minimum absolute atomic E-state index is 0.0188. The van der Waals surface area contributed by atoms with Crippen molar-refractivity contribution in [2.45, 2.75) is 121 Å². The Bertz CT molecular complexity index is 2140. The number of methoxy groups -OCH3 is 1. The zero-order valence-corrected chi connectivity index (χ0v) is 37.4. The summed E-state index contributed by atoms with van der Waals surface area (Å²) in [6.07, 6.45) is 12.1. The van der Waals surface area contributed by atoms with E-state index >= 15 is 0 Å². The molecule has 61 heavy (non-hydrogen) atoms. The zero-order valence-electron chi connectivity index (χ0n) is 36.5. The number of hydrogen-bond donors (Lipinski definition) is 1. The number of nitrogens with one attached hydrogen (secondary N) is 1. The molecule has 2 aromatic rings. The minimum atomic E-state index is -4.69. The third kappa shape index (κ3) is 11.6. The van der Waals surface area contributed by atoms with E-state index < -0.39 is 33.3 Å². The van der Waals surface area contributed by atoms with Gasteiger partial charge in [0, 0.05) is 86.8 Å². The first-order chi connectivity index (χ1) is 29.0. The van der Waals surface area contributed by atoms with Crippen molar-refractivity contribution in [3.8, 4) is 0 Å². The number of fused-ring (bicyclic) bond motifs is 2. The largest absolute Gasteiger partial charge is 0.744 e. The molecule has 3 heterocycles. The standard InChI is InChI=1S/C46H62N4O10S/c1-7-33-19-21-37-35(31-33)45(2,3)39(48(37)26-12-8-10-17-41(51)47-25-28-59-30-29-58-6)15-14-16-40-46(4,5)36-32-34(61(55,56)57)20-22-38(36)49(40)27-13-9-11-18-44(54)60-50-42(52)23-24-43(50)53/h14-16,19-22,31-32H,7-13,17-18,23-30H2,1-6H3,(H-,47,51,55,56,57). The van der Waals surface area contributed by atoms with Crippen LogP contribution >= 0.6 is 0 Å². The first kappa shape index (κ1) is 47.4. The van der Waals surface area contributed by atoms with Crippen molar-refractivity contribution in [3.63, 3.8) is 0 Å². The highest BCUT2D eigenvalue weighted by molar-refractivity contribution is 7.85. The molecule has 332 valence electrons. The fourth-order valence-electron chi connectivity index (χ4n) is 8.31. The van der Waals surface area contributed by atoms with Crippen molar-refractivity contribution in [2.24, 2.45) is 0 Å². The molecule has 0 radical (unpaired) electrons. The number of hydrogen-bond acceptors (Lipinski definition) is 11. The van der Waals surface area contributed by atoms with Gasteiger partial charge in [0.1, 0.15) is 16.7 Å². The molecule has 0 spiro atoms. The first-order valence-corrected chi connectivity index (χ1v) is 22.9. The van der Waals surface area contributed by atoms with E-state index in [0.717, 1.165) is 54.9 Å². The molecule has 0 atom stereocenters. The lowest BCUT2D eigenvalue weighted by Gasteiger charge is -2.27. The molecule has 14 nitrogen and oxygen atoms in total. The van der Waals surface area contributed by atoms with Crippen molar-refractivity contribution in [1.82, 2.24) is 10.4 Å². The number of unbranched alkanes of at least 4 members (excludes halogenated alkanes) is 4. The highest BCUT2D eigenvalue weighted by Gasteiger charge is 2.45. The minimum Gasteiger partial charge on any atom is -0.744 e. The smallest absolute Gasteiger partial charge is 0.333 e. The molecule has 2 aromatic carbocycles. The van der Waals surface area contributed by atoms with Gasteiger partial charge in [-0.2, -0.15) is 4.58 Å². The number of anilines is 1. The van der Waals surface area contributed by atoms with Crippen LogP contribution in [0, 0.1) is 0 Å². The van der Waals surface area contributed by atoms with Crippen LogP contribution in [0.4, 0.5) is 11.4 Å². The van der Waals surface area contributed by atoms with E-state index in [4.69, 9.17) is 14.3 Å². The molecule has 3 aliphatic heterocycles. The molecule has 0 saturated carbocycles. The summed E-state index contributed by atoms with van der Waals surface area (Å²) in [5.74, 6) is -1.65. The predicted molar refractivity (Wildman–Crippen MR) is 230 cm³/mol. The van der Waals surface area contributed by atoms with Gasteiger partial charge in [0.05, 0.1) is 30.1 Å². The Kier molecular flexibility index (Phi) is 16.2. The SMILES string of the molecule is CCc1ccc2c(c1)C(C)(C)C(C=CC=C1N(CCCCCC(=O)ON3C(=O)CCC3=O)c3ccc(S(=O)(=O)[O-])cc3C1(C)C)=[N+]2CCCCCC(=O)NCCOCCOC. The molecule has 0 aliphatic carbocycles. The van der Waals surface area contributed by atoms with Gasteiger partial charge >= 0.3 is 5.97 Å². The fraction of sp³-hybridized carbons (Fsp3) is 0.543. The van der Waals surface area contributed by atoms with Crippen LogP contribution in [0.25, 0.3) is 0 Å². The van der Waals surface area contributed by atoms with Crippen molar-refractivity contribution in [1.29, 1.82) is 0 Å². The van der Waals surface area contributed by atoms with Gasteiger partial charge in [-0.25, -0.2) is 13.2 Å². The van der Waals surface area contributed by atoms with Crippen LogP contribution in [0.5, 0.6) is 0 Å². The van der Waals surface area contributed by atoms with Gasteiger partial charge < -0.3 is 29.1 Å². The maximum Gasteiger partial charge on any atom is 0.333 e. The average Bonchev–Trinajstić information content (AvgIpc) is 3.73.